The van der Waals surface area contributed by atoms with E-state index in [-0.39, 0.29) is 0 Å². The van der Waals surface area contributed by atoms with Crippen molar-refractivity contribution in [1.29, 1.82) is 0 Å². The molecule has 3 fully saturated rings. The van der Waals surface area contributed by atoms with Crippen molar-refractivity contribution in [2.24, 2.45) is 28.6 Å². The van der Waals surface area contributed by atoms with Crippen molar-refractivity contribution in [2.45, 2.75) is 40.0 Å². The monoisotopic (exact) mass is 150 g/mol. The molecule has 0 heteroatoms. The van der Waals surface area contributed by atoms with Crippen LogP contribution in [-0.2, 0) is 0 Å². The van der Waals surface area contributed by atoms with Crippen LogP contribution in [0.5, 0.6) is 0 Å². The lowest BCUT2D eigenvalue weighted by molar-refractivity contribution is 0.0648. The minimum atomic E-state index is 0.610. The number of rotatable bonds is 0. The van der Waals surface area contributed by atoms with E-state index in [4.69, 9.17) is 0 Å². The third kappa shape index (κ3) is 0.494. The lowest BCUT2D eigenvalue weighted by Gasteiger charge is -2.42. The van der Waals surface area contributed by atoms with Gasteiger partial charge in [-0.3, -0.25) is 0 Å². The first-order valence-electron chi connectivity index (χ1n) is 5.09. The molecule has 0 bridgehead atoms. The van der Waals surface area contributed by atoms with Crippen molar-refractivity contribution in [3.8, 4) is 0 Å². The van der Waals surface area contributed by atoms with Crippen LogP contribution in [0.15, 0.2) is 0 Å². The van der Waals surface area contributed by atoms with Crippen LogP contribution >= 0.6 is 0 Å². The van der Waals surface area contributed by atoms with Crippen molar-refractivity contribution >= 4 is 0 Å². The summed E-state index contributed by atoms with van der Waals surface area (Å²) in [5.74, 6) is 3.58. The summed E-state index contributed by atoms with van der Waals surface area (Å²) in [7, 11) is 0. The third-order valence-electron chi connectivity index (χ3n) is 4.77. The summed E-state index contributed by atoms with van der Waals surface area (Å²) in [6.45, 7) is 7.34. The van der Waals surface area contributed by atoms with Crippen LogP contribution in [0, 0.1) is 28.6 Å². The first-order valence-corrected chi connectivity index (χ1v) is 5.09. The number of fused-ring (bicyclic) bond motifs is 2. The second-order valence-corrected chi connectivity index (χ2v) is 5.90. The van der Waals surface area contributed by atoms with E-state index in [1.807, 2.05) is 0 Å². The van der Waals surface area contributed by atoms with Crippen LogP contribution in [0.1, 0.15) is 40.0 Å². The summed E-state index contributed by atoms with van der Waals surface area (Å²) in [5.41, 5.74) is 1.45. The van der Waals surface area contributed by atoms with Gasteiger partial charge < -0.3 is 0 Å². The Balaban J connectivity index is 1.90. The van der Waals surface area contributed by atoms with Gasteiger partial charge in [-0.25, -0.2) is 0 Å². The van der Waals surface area contributed by atoms with Crippen molar-refractivity contribution in [2.75, 3.05) is 0 Å². The maximum absolute atomic E-state index is 2.45. The van der Waals surface area contributed by atoms with Crippen LogP contribution in [0.3, 0.4) is 0 Å². The van der Waals surface area contributed by atoms with Crippen molar-refractivity contribution in [1.82, 2.24) is 0 Å². The van der Waals surface area contributed by atoms with Gasteiger partial charge in [0.25, 0.3) is 0 Å². The summed E-state index contributed by atoms with van der Waals surface area (Å²) < 4.78 is 0. The molecule has 3 aliphatic rings. The average Bonchev–Trinajstić information content (AvgIpc) is 2.72. The summed E-state index contributed by atoms with van der Waals surface area (Å²) >= 11 is 0. The van der Waals surface area contributed by atoms with Crippen molar-refractivity contribution in [3.05, 3.63) is 0 Å². The summed E-state index contributed by atoms with van der Waals surface area (Å²) in [6, 6.07) is 0. The molecular weight excluding hydrogens is 132 g/mol. The second kappa shape index (κ2) is 1.41. The lowest BCUT2D eigenvalue weighted by atomic mass is 9.62. The fraction of sp³-hybridized carbons (Fsp3) is 1.00. The maximum Gasteiger partial charge on any atom is -0.0181 e. The van der Waals surface area contributed by atoms with Crippen LogP contribution in [0.25, 0.3) is 0 Å². The molecular formula is C11H18. The van der Waals surface area contributed by atoms with Crippen LogP contribution in [-0.4, -0.2) is 0 Å². The van der Waals surface area contributed by atoms with E-state index in [2.05, 4.69) is 20.8 Å². The number of hydrogen-bond donors (Lipinski definition) is 0. The molecule has 3 rings (SSSR count). The quantitative estimate of drug-likeness (QED) is 0.498. The van der Waals surface area contributed by atoms with Gasteiger partial charge in [0.15, 0.2) is 0 Å². The van der Waals surface area contributed by atoms with Gasteiger partial charge in [0, 0.05) is 0 Å². The third-order valence-corrected chi connectivity index (χ3v) is 4.77. The molecule has 0 unspecified atom stereocenters. The minimum absolute atomic E-state index is 0.610. The highest BCUT2D eigenvalue weighted by molar-refractivity contribution is 5.33. The smallest absolute Gasteiger partial charge is 0.0181 e. The molecule has 11 heavy (non-hydrogen) atoms. The summed E-state index contributed by atoms with van der Waals surface area (Å²) in [4.78, 5) is 0. The maximum atomic E-state index is 2.45. The summed E-state index contributed by atoms with van der Waals surface area (Å²) in [5, 5.41) is 0. The molecule has 0 heterocycles. The van der Waals surface area contributed by atoms with Crippen LogP contribution < -0.4 is 0 Å². The Morgan fingerprint density at radius 3 is 2.18 bits per heavy atom. The normalized spacial score (nSPS) is 58.6. The van der Waals surface area contributed by atoms with Crippen molar-refractivity contribution in [3.63, 3.8) is 0 Å². The van der Waals surface area contributed by atoms with E-state index in [1.54, 1.807) is 12.8 Å². The molecule has 0 aromatic carbocycles. The van der Waals surface area contributed by atoms with E-state index in [0.29, 0.717) is 5.41 Å². The lowest BCUT2D eigenvalue weighted by Crippen LogP contribution is -2.35. The van der Waals surface area contributed by atoms with E-state index in [9.17, 15) is 0 Å². The van der Waals surface area contributed by atoms with Gasteiger partial charge in [-0.2, -0.15) is 0 Å². The van der Waals surface area contributed by atoms with E-state index in [0.717, 1.165) is 5.41 Å². The molecule has 2 atom stereocenters. The Labute approximate surface area is 69.4 Å². The van der Waals surface area contributed by atoms with Gasteiger partial charge in [-0.15, -0.1) is 0 Å². The van der Waals surface area contributed by atoms with E-state index < -0.39 is 0 Å². The first-order chi connectivity index (χ1) is 5.09. The zero-order valence-corrected chi connectivity index (χ0v) is 7.85. The molecule has 0 radical (unpaired) electrons. The predicted octanol–water partition coefficient (Wildman–Crippen LogP) is 3.08. The molecule has 62 valence electrons. The molecule has 0 aromatic heterocycles. The topological polar surface area (TPSA) is 0 Å². The van der Waals surface area contributed by atoms with Crippen LogP contribution in [0.4, 0.5) is 0 Å². The standard InChI is InChI=1S/C11H18/c1-10(2,3)11-6-4-5-7-8(11)9(7)11/h7-9H,4-6H2,1-3H3/t7?,8-,9-,11?/m1/s1. The highest BCUT2D eigenvalue weighted by Gasteiger charge is 2.86. The molecule has 0 spiro atoms. The van der Waals surface area contributed by atoms with Gasteiger partial charge in [-0.05, 0) is 41.4 Å². The fourth-order valence-corrected chi connectivity index (χ4v) is 4.22. The van der Waals surface area contributed by atoms with Gasteiger partial charge in [0.1, 0.15) is 0 Å². The molecule has 0 nitrogen and oxygen atoms in total. The van der Waals surface area contributed by atoms with E-state index >= 15 is 0 Å². The Hall–Kier alpha value is 0. The van der Waals surface area contributed by atoms with Gasteiger partial charge in [-0.1, -0.05) is 27.2 Å². The molecule has 0 aromatic rings. The predicted molar refractivity (Wildman–Crippen MR) is 46.2 cm³/mol. The van der Waals surface area contributed by atoms with Gasteiger partial charge in [0.2, 0.25) is 0 Å². The van der Waals surface area contributed by atoms with Crippen LogP contribution in [0.2, 0.25) is 0 Å². The Bertz CT molecular complexity index is 199. The largest absolute Gasteiger partial charge is 0.0596 e. The zero-order valence-electron chi connectivity index (χ0n) is 7.85. The second-order valence-electron chi connectivity index (χ2n) is 5.90. The molecule has 0 saturated heterocycles. The summed E-state index contributed by atoms with van der Waals surface area (Å²) in [6.07, 6.45) is 4.63. The molecule has 0 amide bonds. The highest BCUT2D eigenvalue weighted by Crippen LogP contribution is 2.91. The Morgan fingerprint density at radius 2 is 1.82 bits per heavy atom. The molecule has 0 aliphatic heterocycles. The molecule has 3 saturated carbocycles. The zero-order chi connectivity index (χ0) is 7.85. The van der Waals surface area contributed by atoms with Gasteiger partial charge in [0.05, 0.1) is 0 Å². The first kappa shape index (κ1) is 6.51. The minimum Gasteiger partial charge on any atom is -0.0596 e. The Kier molecular flexibility index (Phi) is 0.832. The van der Waals surface area contributed by atoms with E-state index in [1.165, 1.54) is 24.2 Å². The number of hydrogen-bond acceptors (Lipinski definition) is 0. The average molecular weight is 150 g/mol. The van der Waals surface area contributed by atoms with Crippen molar-refractivity contribution < 1.29 is 0 Å². The highest BCUT2D eigenvalue weighted by atomic mass is 14.9. The van der Waals surface area contributed by atoms with Gasteiger partial charge >= 0.3 is 0 Å². The SMILES string of the molecule is CC(C)(C)C12CCCC3[C@@H]1[C@@H]32. The molecule has 0 N–H and O–H groups in total. The molecule has 3 aliphatic carbocycles. The Morgan fingerprint density at radius 1 is 1.18 bits per heavy atom. The fourth-order valence-electron chi connectivity index (χ4n) is 4.22.